The minimum absolute atomic E-state index is 0.0328. The highest BCUT2D eigenvalue weighted by atomic mass is 79.9. The molecule has 1 fully saturated rings. The number of carbonyl (C=O) groups excluding carboxylic acids is 1. The van der Waals surface area contributed by atoms with E-state index < -0.39 is 0 Å². The summed E-state index contributed by atoms with van der Waals surface area (Å²) < 4.78 is 6.28. The van der Waals surface area contributed by atoms with Crippen molar-refractivity contribution in [2.75, 3.05) is 13.2 Å². The van der Waals surface area contributed by atoms with Gasteiger partial charge >= 0.3 is 0 Å². The van der Waals surface area contributed by atoms with Crippen molar-refractivity contribution in [3.05, 3.63) is 28.5 Å². The van der Waals surface area contributed by atoms with Gasteiger partial charge in [-0.25, -0.2) is 0 Å². The summed E-state index contributed by atoms with van der Waals surface area (Å²) >= 11 is 3.35. The van der Waals surface area contributed by atoms with E-state index in [4.69, 9.17) is 4.74 Å². The first-order valence-corrected chi connectivity index (χ1v) is 6.41. The molecular weight excluding hydrogens is 284 g/mol. The lowest BCUT2D eigenvalue weighted by atomic mass is 10.1. The van der Waals surface area contributed by atoms with E-state index in [1.165, 1.54) is 0 Å². The molecule has 2 rings (SSSR count). The van der Waals surface area contributed by atoms with Gasteiger partial charge < -0.3 is 9.64 Å². The van der Waals surface area contributed by atoms with Gasteiger partial charge in [-0.1, -0.05) is 15.9 Å². The smallest absolute Gasteiger partial charge is 0.273 e. The fourth-order valence-electron chi connectivity index (χ4n) is 2.06. The average Bonchev–Trinajstić information content (AvgIpc) is 2.28. The zero-order valence-corrected chi connectivity index (χ0v) is 11.5. The molecule has 92 valence electrons. The molecule has 0 spiro atoms. The molecule has 1 aliphatic heterocycles. The summed E-state index contributed by atoms with van der Waals surface area (Å²) in [7, 11) is 0. The van der Waals surface area contributed by atoms with Crippen LogP contribution in [0.5, 0.6) is 0 Å². The van der Waals surface area contributed by atoms with Crippen LogP contribution in [0.2, 0.25) is 0 Å². The molecule has 0 radical (unpaired) electrons. The molecular formula is C12H15BrN2O2. The highest BCUT2D eigenvalue weighted by Gasteiger charge is 2.30. The Labute approximate surface area is 109 Å². The van der Waals surface area contributed by atoms with Gasteiger partial charge in [0.1, 0.15) is 5.69 Å². The third-order valence-electron chi connectivity index (χ3n) is 2.84. The molecule has 1 aromatic heterocycles. The summed E-state index contributed by atoms with van der Waals surface area (Å²) in [4.78, 5) is 18.3. The molecule has 2 atom stereocenters. The Kier molecular flexibility index (Phi) is 3.79. The number of halogens is 1. The predicted molar refractivity (Wildman–Crippen MR) is 67.8 cm³/mol. The van der Waals surface area contributed by atoms with Gasteiger partial charge in [0.2, 0.25) is 0 Å². The first kappa shape index (κ1) is 12.5. The molecule has 0 N–H and O–H groups in total. The third kappa shape index (κ3) is 2.66. The van der Waals surface area contributed by atoms with Crippen molar-refractivity contribution in [3.63, 3.8) is 0 Å². The van der Waals surface area contributed by atoms with Crippen molar-refractivity contribution in [2.24, 2.45) is 0 Å². The van der Waals surface area contributed by atoms with Crippen molar-refractivity contribution in [1.29, 1.82) is 0 Å². The van der Waals surface area contributed by atoms with Crippen LogP contribution in [0.3, 0.4) is 0 Å². The van der Waals surface area contributed by atoms with Crippen LogP contribution in [0.4, 0.5) is 0 Å². The number of nitrogens with zero attached hydrogens (tertiary/aromatic N) is 2. The lowest BCUT2D eigenvalue weighted by Crippen LogP contribution is -2.52. The third-order valence-corrected chi connectivity index (χ3v) is 3.34. The van der Waals surface area contributed by atoms with Crippen molar-refractivity contribution in [1.82, 2.24) is 9.88 Å². The topological polar surface area (TPSA) is 42.4 Å². The van der Waals surface area contributed by atoms with E-state index in [1.54, 1.807) is 12.3 Å². The molecule has 1 aromatic rings. The zero-order valence-electron chi connectivity index (χ0n) is 9.89. The van der Waals surface area contributed by atoms with Gasteiger partial charge in [0.05, 0.1) is 25.3 Å². The van der Waals surface area contributed by atoms with Crippen molar-refractivity contribution < 1.29 is 9.53 Å². The van der Waals surface area contributed by atoms with Gasteiger partial charge in [-0.15, -0.1) is 0 Å². The van der Waals surface area contributed by atoms with Gasteiger partial charge in [0.15, 0.2) is 0 Å². The van der Waals surface area contributed by atoms with Gasteiger partial charge in [-0.3, -0.25) is 9.78 Å². The summed E-state index contributed by atoms with van der Waals surface area (Å²) in [6.07, 6.45) is 1.63. The second-order valence-electron chi connectivity index (χ2n) is 4.31. The van der Waals surface area contributed by atoms with E-state index >= 15 is 0 Å². The molecule has 2 heterocycles. The van der Waals surface area contributed by atoms with E-state index in [0.29, 0.717) is 18.9 Å². The molecule has 2 unspecified atom stereocenters. The molecule has 1 aliphatic rings. The Balaban J connectivity index is 2.24. The molecule has 4 nitrogen and oxygen atoms in total. The number of rotatable bonds is 1. The summed E-state index contributed by atoms with van der Waals surface area (Å²) in [6, 6.07) is 3.74. The Morgan fingerprint density at radius 2 is 2.12 bits per heavy atom. The minimum atomic E-state index is -0.0328. The normalized spacial score (nSPS) is 24.8. The molecule has 0 aliphatic carbocycles. The number of hydrogen-bond donors (Lipinski definition) is 0. The van der Waals surface area contributed by atoms with Crippen LogP contribution < -0.4 is 0 Å². The van der Waals surface area contributed by atoms with E-state index in [9.17, 15) is 4.79 Å². The fourth-order valence-corrected chi connectivity index (χ4v) is 2.39. The Bertz CT molecular complexity index is 415. The number of amides is 1. The Hall–Kier alpha value is -0.940. The van der Waals surface area contributed by atoms with Crippen molar-refractivity contribution in [2.45, 2.75) is 25.9 Å². The van der Waals surface area contributed by atoms with Crippen LogP contribution in [0.25, 0.3) is 0 Å². The number of aromatic nitrogens is 1. The largest absolute Gasteiger partial charge is 0.377 e. The lowest BCUT2D eigenvalue weighted by molar-refractivity contribution is -0.0252. The molecule has 1 amide bonds. The number of morpholine rings is 1. The molecule has 0 bridgehead atoms. The van der Waals surface area contributed by atoms with Crippen LogP contribution in [0.1, 0.15) is 24.3 Å². The van der Waals surface area contributed by atoms with Crippen LogP contribution >= 0.6 is 15.9 Å². The Morgan fingerprint density at radius 3 is 2.71 bits per heavy atom. The minimum Gasteiger partial charge on any atom is -0.377 e. The SMILES string of the molecule is CC1COCC(C)N1C(=O)c1cc(Br)ccn1. The maximum absolute atomic E-state index is 12.4. The van der Waals surface area contributed by atoms with E-state index in [0.717, 1.165) is 4.47 Å². The predicted octanol–water partition coefficient (Wildman–Crippen LogP) is 2.09. The van der Waals surface area contributed by atoms with E-state index in [2.05, 4.69) is 20.9 Å². The van der Waals surface area contributed by atoms with Crippen LogP contribution in [0.15, 0.2) is 22.8 Å². The van der Waals surface area contributed by atoms with E-state index in [1.807, 2.05) is 24.8 Å². The van der Waals surface area contributed by atoms with Gasteiger partial charge in [-0.05, 0) is 26.0 Å². The summed E-state index contributed by atoms with van der Waals surface area (Å²) in [5.41, 5.74) is 0.472. The summed E-state index contributed by atoms with van der Waals surface area (Å²) in [5.74, 6) is -0.0328. The lowest BCUT2D eigenvalue weighted by Gasteiger charge is -2.38. The summed E-state index contributed by atoms with van der Waals surface area (Å²) in [5, 5.41) is 0. The summed E-state index contributed by atoms with van der Waals surface area (Å²) in [6.45, 7) is 5.16. The monoisotopic (exact) mass is 298 g/mol. The first-order chi connectivity index (χ1) is 8.09. The number of pyridine rings is 1. The van der Waals surface area contributed by atoms with Gasteiger partial charge in [0, 0.05) is 10.7 Å². The molecule has 1 saturated heterocycles. The fraction of sp³-hybridized carbons (Fsp3) is 0.500. The molecule has 17 heavy (non-hydrogen) atoms. The highest BCUT2D eigenvalue weighted by Crippen LogP contribution is 2.18. The number of ether oxygens (including phenoxy) is 1. The molecule has 0 saturated carbocycles. The maximum atomic E-state index is 12.4. The second kappa shape index (κ2) is 5.14. The zero-order chi connectivity index (χ0) is 12.4. The van der Waals surface area contributed by atoms with Crippen LogP contribution in [-0.2, 0) is 4.74 Å². The molecule has 0 aromatic carbocycles. The van der Waals surface area contributed by atoms with Gasteiger partial charge in [-0.2, -0.15) is 0 Å². The van der Waals surface area contributed by atoms with Gasteiger partial charge in [0.25, 0.3) is 5.91 Å². The van der Waals surface area contributed by atoms with E-state index in [-0.39, 0.29) is 18.0 Å². The second-order valence-corrected chi connectivity index (χ2v) is 5.22. The number of carbonyl (C=O) groups is 1. The van der Waals surface area contributed by atoms with Crippen molar-refractivity contribution in [3.8, 4) is 0 Å². The average molecular weight is 299 g/mol. The Morgan fingerprint density at radius 1 is 1.47 bits per heavy atom. The highest BCUT2D eigenvalue weighted by molar-refractivity contribution is 9.10. The number of hydrogen-bond acceptors (Lipinski definition) is 3. The molecule has 5 heteroatoms. The standard InChI is InChI=1S/C12H15BrN2O2/c1-8-6-17-7-9(2)15(8)12(16)11-5-10(13)3-4-14-11/h3-5,8-9H,6-7H2,1-2H3. The maximum Gasteiger partial charge on any atom is 0.273 e. The van der Waals surface area contributed by atoms with Crippen molar-refractivity contribution >= 4 is 21.8 Å². The quantitative estimate of drug-likeness (QED) is 0.797. The van der Waals surface area contributed by atoms with Crippen LogP contribution in [-0.4, -0.2) is 41.1 Å². The first-order valence-electron chi connectivity index (χ1n) is 5.61. The van der Waals surface area contributed by atoms with Crippen LogP contribution in [0, 0.1) is 0 Å².